The molecule has 1 amide bonds. The quantitative estimate of drug-likeness (QED) is 0.687. The van der Waals surface area contributed by atoms with Crippen LogP contribution >= 0.6 is 0 Å². The summed E-state index contributed by atoms with van der Waals surface area (Å²) >= 11 is 0. The molecule has 0 spiro atoms. The number of benzene rings is 2. The van der Waals surface area contributed by atoms with Crippen LogP contribution < -0.4 is 9.64 Å². The van der Waals surface area contributed by atoms with E-state index in [1.165, 1.54) is 0 Å². The summed E-state index contributed by atoms with van der Waals surface area (Å²) in [4.78, 5) is 16.9. The molecule has 0 unspecified atom stereocenters. The van der Waals surface area contributed by atoms with E-state index < -0.39 is 0 Å². The van der Waals surface area contributed by atoms with Crippen molar-refractivity contribution in [2.75, 3.05) is 38.2 Å². The molecule has 4 rings (SSSR count). The molecule has 3 aromatic rings. The topological polar surface area (TPSA) is 50.6 Å². The average molecular weight is 376 g/mol. The fourth-order valence-electron chi connectivity index (χ4n) is 3.46. The molecule has 6 heteroatoms. The average Bonchev–Trinajstić information content (AvgIpc) is 3.23. The van der Waals surface area contributed by atoms with Crippen molar-refractivity contribution in [3.63, 3.8) is 0 Å². The third kappa shape index (κ3) is 4.01. The van der Waals surface area contributed by atoms with Crippen molar-refractivity contribution in [2.45, 2.75) is 6.54 Å². The largest absolute Gasteiger partial charge is 0.497 e. The van der Waals surface area contributed by atoms with Gasteiger partial charge in [0.15, 0.2) is 0 Å². The standard InChI is InChI=1S/C22H24N4O2/c1-28-20-9-7-19(8-10-20)24-13-15-25(16-14-24)22(27)17-26-12-11-21(23-26)18-5-3-2-4-6-18/h2-12H,13-17H2,1H3. The van der Waals surface area contributed by atoms with E-state index in [4.69, 9.17) is 4.74 Å². The molecule has 1 aliphatic heterocycles. The number of amides is 1. The van der Waals surface area contributed by atoms with Crippen molar-refractivity contribution in [2.24, 2.45) is 0 Å². The van der Waals surface area contributed by atoms with Gasteiger partial charge in [0.1, 0.15) is 12.3 Å². The van der Waals surface area contributed by atoms with Crippen LogP contribution in [-0.4, -0.2) is 53.9 Å². The minimum atomic E-state index is 0.108. The molecule has 144 valence electrons. The highest BCUT2D eigenvalue weighted by molar-refractivity contribution is 5.76. The summed E-state index contributed by atoms with van der Waals surface area (Å²) in [7, 11) is 1.67. The Kier molecular flexibility index (Phi) is 5.28. The molecule has 2 aromatic carbocycles. The molecule has 2 heterocycles. The third-order valence-electron chi connectivity index (χ3n) is 5.08. The van der Waals surface area contributed by atoms with Crippen molar-refractivity contribution in [1.29, 1.82) is 0 Å². The molecule has 0 bridgehead atoms. The number of nitrogens with zero attached hydrogens (tertiary/aromatic N) is 4. The van der Waals surface area contributed by atoms with Crippen LogP contribution in [0.15, 0.2) is 66.9 Å². The monoisotopic (exact) mass is 376 g/mol. The van der Waals surface area contributed by atoms with Gasteiger partial charge in [-0.05, 0) is 30.3 Å². The Morgan fingerprint density at radius 1 is 0.964 bits per heavy atom. The van der Waals surface area contributed by atoms with Gasteiger partial charge in [-0.15, -0.1) is 0 Å². The Labute approximate surface area is 164 Å². The van der Waals surface area contributed by atoms with Gasteiger partial charge in [0.05, 0.1) is 12.8 Å². The number of aromatic nitrogens is 2. The molecule has 1 saturated heterocycles. The first-order chi connectivity index (χ1) is 13.7. The highest BCUT2D eigenvalue weighted by Gasteiger charge is 2.21. The van der Waals surface area contributed by atoms with Crippen LogP contribution in [0.5, 0.6) is 5.75 Å². The van der Waals surface area contributed by atoms with Gasteiger partial charge in [0.2, 0.25) is 5.91 Å². The number of rotatable bonds is 5. The molecule has 1 aliphatic rings. The molecule has 0 aliphatic carbocycles. The Bertz CT molecular complexity index is 913. The number of anilines is 1. The van der Waals surface area contributed by atoms with Gasteiger partial charge >= 0.3 is 0 Å². The van der Waals surface area contributed by atoms with E-state index in [0.29, 0.717) is 0 Å². The first kappa shape index (κ1) is 18.1. The van der Waals surface area contributed by atoms with E-state index in [2.05, 4.69) is 22.1 Å². The smallest absolute Gasteiger partial charge is 0.244 e. The number of carbonyl (C=O) groups is 1. The lowest BCUT2D eigenvalue weighted by Crippen LogP contribution is -2.49. The lowest BCUT2D eigenvalue weighted by atomic mass is 10.2. The Morgan fingerprint density at radius 3 is 2.36 bits per heavy atom. The number of hydrogen-bond donors (Lipinski definition) is 0. The van der Waals surface area contributed by atoms with E-state index in [1.807, 2.05) is 59.6 Å². The van der Waals surface area contributed by atoms with E-state index in [-0.39, 0.29) is 12.5 Å². The van der Waals surface area contributed by atoms with Gasteiger partial charge in [-0.1, -0.05) is 30.3 Å². The van der Waals surface area contributed by atoms with Crippen LogP contribution in [0.2, 0.25) is 0 Å². The summed E-state index contributed by atoms with van der Waals surface area (Å²) in [6.45, 7) is 3.36. The second-order valence-corrected chi connectivity index (χ2v) is 6.83. The number of piperazine rings is 1. The highest BCUT2D eigenvalue weighted by atomic mass is 16.5. The second-order valence-electron chi connectivity index (χ2n) is 6.83. The van der Waals surface area contributed by atoms with E-state index >= 15 is 0 Å². The second kappa shape index (κ2) is 8.17. The zero-order chi connectivity index (χ0) is 19.3. The summed E-state index contributed by atoms with van der Waals surface area (Å²) in [5.41, 5.74) is 3.10. The molecule has 1 aromatic heterocycles. The Balaban J connectivity index is 1.32. The molecule has 28 heavy (non-hydrogen) atoms. The minimum absolute atomic E-state index is 0.108. The zero-order valence-electron chi connectivity index (χ0n) is 16.0. The van der Waals surface area contributed by atoms with Gasteiger partial charge in [0.25, 0.3) is 0 Å². The lowest BCUT2D eigenvalue weighted by molar-refractivity contribution is -0.132. The van der Waals surface area contributed by atoms with Crippen molar-refractivity contribution in [3.05, 3.63) is 66.9 Å². The molecule has 0 radical (unpaired) electrons. The number of methoxy groups -OCH3 is 1. The summed E-state index contributed by atoms with van der Waals surface area (Å²) in [5.74, 6) is 0.962. The van der Waals surface area contributed by atoms with Gasteiger partial charge in [-0.2, -0.15) is 5.10 Å². The van der Waals surface area contributed by atoms with E-state index in [1.54, 1.807) is 11.8 Å². The van der Waals surface area contributed by atoms with Gasteiger partial charge < -0.3 is 14.5 Å². The summed E-state index contributed by atoms with van der Waals surface area (Å²) in [5, 5.41) is 4.54. The number of carbonyl (C=O) groups excluding carboxylic acids is 1. The maximum atomic E-state index is 12.7. The molecule has 0 atom stereocenters. The van der Waals surface area contributed by atoms with Crippen LogP contribution in [0.4, 0.5) is 5.69 Å². The maximum Gasteiger partial charge on any atom is 0.244 e. The highest BCUT2D eigenvalue weighted by Crippen LogP contribution is 2.21. The summed E-state index contributed by atoms with van der Waals surface area (Å²) in [6.07, 6.45) is 1.87. The van der Waals surface area contributed by atoms with Gasteiger partial charge in [-0.3, -0.25) is 9.48 Å². The molecule has 0 N–H and O–H groups in total. The fraction of sp³-hybridized carbons (Fsp3) is 0.273. The predicted octanol–water partition coefficient (Wildman–Crippen LogP) is 2.91. The van der Waals surface area contributed by atoms with Crippen LogP contribution in [0.25, 0.3) is 11.3 Å². The molecular formula is C22H24N4O2. The zero-order valence-corrected chi connectivity index (χ0v) is 16.0. The summed E-state index contributed by atoms with van der Waals surface area (Å²) in [6, 6.07) is 20.0. The molecule has 0 saturated carbocycles. The van der Waals surface area contributed by atoms with Crippen LogP contribution in [0.1, 0.15) is 0 Å². The first-order valence-corrected chi connectivity index (χ1v) is 9.48. The fourth-order valence-corrected chi connectivity index (χ4v) is 3.46. The van der Waals surface area contributed by atoms with Crippen molar-refractivity contribution in [3.8, 4) is 17.0 Å². The predicted molar refractivity (Wildman–Crippen MR) is 109 cm³/mol. The van der Waals surface area contributed by atoms with E-state index in [9.17, 15) is 4.79 Å². The first-order valence-electron chi connectivity index (χ1n) is 9.48. The van der Waals surface area contributed by atoms with Crippen LogP contribution in [0.3, 0.4) is 0 Å². The van der Waals surface area contributed by atoms with Crippen LogP contribution in [0, 0.1) is 0 Å². The van der Waals surface area contributed by atoms with Crippen molar-refractivity contribution >= 4 is 11.6 Å². The van der Waals surface area contributed by atoms with Gasteiger partial charge in [-0.25, -0.2) is 0 Å². The van der Waals surface area contributed by atoms with Crippen molar-refractivity contribution in [1.82, 2.24) is 14.7 Å². The SMILES string of the molecule is COc1ccc(N2CCN(C(=O)Cn3ccc(-c4ccccc4)n3)CC2)cc1. The Morgan fingerprint density at radius 2 is 1.68 bits per heavy atom. The van der Waals surface area contributed by atoms with Gasteiger partial charge in [0, 0.05) is 43.6 Å². The maximum absolute atomic E-state index is 12.7. The molecule has 1 fully saturated rings. The minimum Gasteiger partial charge on any atom is -0.497 e. The van der Waals surface area contributed by atoms with Crippen LogP contribution in [-0.2, 0) is 11.3 Å². The number of ether oxygens (including phenoxy) is 1. The summed E-state index contributed by atoms with van der Waals surface area (Å²) < 4.78 is 6.93. The molecule has 6 nitrogen and oxygen atoms in total. The Hall–Kier alpha value is -3.28. The normalized spacial score (nSPS) is 14.2. The lowest BCUT2D eigenvalue weighted by Gasteiger charge is -2.36. The third-order valence-corrected chi connectivity index (χ3v) is 5.08. The molecular weight excluding hydrogens is 352 g/mol. The van der Waals surface area contributed by atoms with Crippen molar-refractivity contribution < 1.29 is 9.53 Å². The van der Waals surface area contributed by atoms with E-state index in [0.717, 1.165) is 48.9 Å². The number of hydrogen-bond acceptors (Lipinski definition) is 4.